The van der Waals surface area contributed by atoms with Crippen molar-refractivity contribution >= 4 is 17.4 Å². The van der Waals surface area contributed by atoms with Crippen molar-refractivity contribution in [2.75, 3.05) is 37.2 Å². The molecule has 0 bridgehead atoms. The SMILES string of the molecule is CC1(C)CCN(CC2CCNc3ccccc32)CCS1. The lowest BCUT2D eigenvalue weighted by Gasteiger charge is -2.31. The van der Waals surface area contributed by atoms with Gasteiger partial charge in [0, 0.05) is 41.7 Å². The van der Waals surface area contributed by atoms with Gasteiger partial charge in [-0.3, -0.25) is 0 Å². The smallest absolute Gasteiger partial charge is 0.0376 e. The molecule has 0 amide bonds. The zero-order valence-electron chi connectivity index (χ0n) is 12.7. The number of nitrogens with zero attached hydrogens (tertiary/aromatic N) is 1. The summed E-state index contributed by atoms with van der Waals surface area (Å²) in [5.41, 5.74) is 2.88. The van der Waals surface area contributed by atoms with Crippen molar-refractivity contribution in [3.63, 3.8) is 0 Å². The van der Waals surface area contributed by atoms with E-state index in [1.165, 1.54) is 49.5 Å². The Labute approximate surface area is 127 Å². The quantitative estimate of drug-likeness (QED) is 0.892. The van der Waals surface area contributed by atoms with Gasteiger partial charge < -0.3 is 10.2 Å². The van der Waals surface area contributed by atoms with Gasteiger partial charge >= 0.3 is 0 Å². The van der Waals surface area contributed by atoms with Crippen molar-refractivity contribution < 1.29 is 0 Å². The van der Waals surface area contributed by atoms with Gasteiger partial charge in [0.1, 0.15) is 0 Å². The van der Waals surface area contributed by atoms with Crippen LogP contribution >= 0.6 is 11.8 Å². The third-order valence-corrected chi connectivity index (χ3v) is 5.99. The second-order valence-electron chi connectivity index (χ2n) is 6.66. The highest BCUT2D eigenvalue weighted by molar-refractivity contribution is 8.00. The molecule has 20 heavy (non-hydrogen) atoms. The van der Waals surface area contributed by atoms with Crippen LogP contribution < -0.4 is 5.32 Å². The third-order valence-electron chi connectivity index (χ3n) is 4.62. The van der Waals surface area contributed by atoms with E-state index < -0.39 is 0 Å². The molecule has 1 saturated heterocycles. The maximum absolute atomic E-state index is 3.53. The fourth-order valence-corrected chi connectivity index (χ4v) is 4.43. The van der Waals surface area contributed by atoms with Crippen LogP contribution in [-0.2, 0) is 0 Å². The van der Waals surface area contributed by atoms with E-state index >= 15 is 0 Å². The van der Waals surface area contributed by atoms with Crippen molar-refractivity contribution in [1.82, 2.24) is 4.90 Å². The van der Waals surface area contributed by atoms with E-state index in [4.69, 9.17) is 0 Å². The molecule has 0 saturated carbocycles. The predicted molar refractivity (Wildman–Crippen MR) is 89.9 cm³/mol. The average Bonchev–Trinajstić information content (AvgIpc) is 2.61. The highest BCUT2D eigenvalue weighted by Gasteiger charge is 2.26. The number of hydrogen-bond donors (Lipinski definition) is 1. The summed E-state index contributed by atoms with van der Waals surface area (Å²) in [6.45, 7) is 9.64. The number of para-hydroxylation sites is 1. The number of rotatable bonds is 2. The van der Waals surface area contributed by atoms with Gasteiger partial charge in [-0.15, -0.1) is 0 Å². The molecule has 2 aliphatic rings. The number of nitrogens with one attached hydrogen (secondary N) is 1. The molecule has 2 heterocycles. The Balaban J connectivity index is 1.67. The minimum Gasteiger partial charge on any atom is -0.385 e. The zero-order valence-corrected chi connectivity index (χ0v) is 13.5. The molecule has 0 aliphatic carbocycles. The molecule has 3 heteroatoms. The summed E-state index contributed by atoms with van der Waals surface area (Å²) in [6, 6.07) is 8.85. The first kappa shape index (κ1) is 14.3. The Morgan fingerprint density at radius 3 is 3.05 bits per heavy atom. The normalized spacial score (nSPS) is 26.4. The van der Waals surface area contributed by atoms with Crippen LogP contribution in [0.1, 0.15) is 38.2 Å². The van der Waals surface area contributed by atoms with Crippen molar-refractivity contribution in [2.45, 2.75) is 37.4 Å². The first-order chi connectivity index (χ1) is 9.64. The van der Waals surface area contributed by atoms with Gasteiger partial charge in [-0.2, -0.15) is 11.8 Å². The summed E-state index contributed by atoms with van der Waals surface area (Å²) >= 11 is 2.14. The summed E-state index contributed by atoms with van der Waals surface area (Å²) in [5, 5.41) is 3.53. The monoisotopic (exact) mass is 290 g/mol. The van der Waals surface area contributed by atoms with Crippen molar-refractivity contribution in [2.24, 2.45) is 0 Å². The molecule has 3 rings (SSSR count). The average molecular weight is 290 g/mol. The molecule has 0 aromatic heterocycles. The van der Waals surface area contributed by atoms with Gasteiger partial charge in [0.25, 0.3) is 0 Å². The number of hydrogen-bond acceptors (Lipinski definition) is 3. The lowest BCUT2D eigenvalue weighted by atomic mass is 9.90. The highest BCUT2D eigenvalue weighted by atomic mass is 32.2. The fourth-order valence-electron chi connectivity index (χ4n) is 3.30. The van der Waals surface area contributed by atoms with Gasteiger partial charge in [0.2, 0.25) is 0 Å². The molecule has 1 fully saturated rings. The predicted octanol–water partition coefficient (Wildman–Crippen LogP) is 3.80. The number of anilines is 1. The number of benzene rings is 1. The molecular formula is C17H26N2S. The van der Waals surface area contributed by atoms with E-state index in [0.717, 1.165) is 6.54 Å². The molecule has 1 aromatic rings. The largest absolute Gasteiger partial charge is 0.385 e. The summed E-state index contributed by atoms with van der Waals surface area (Å²) in [4.78, 5) is 2.69. The summed E-state index contributed by atoms with van der Waals surface area (Å²) in [5.74, 6) is 1.98. The molecule has 2 aliphatic heterocycles. The molecule has 2 nitrogen and oxygen atoms in total. The summed E-state index contributed by atoms with van der Waals surface area (Å²) < 4.78 is 0.459. The van der Waals surface area contributed by atoms with Crippen LogP contribution in [0.3, 0.4) is 0 Å². The second-order valence-corrected chi connectivity index (χ2v) is 8.46. The van der Waals surface area contributed by atoms with Crippen molar-refractivity contribution in [1.29, 1.82) is 0 Å². The Kier molecular flexibility index (Phi) is 4.27. The van der Waals surface area contributed by atoms with E-state index in [1.807, 2.05) is 0 Å². The molecular weight excluding hydrogens is 264 g/mol. The van der Waals surface area contributed by atoms with Gasteiger partial charge in [-0.25, -0.2) is 0 Å². The van der Waals surface area contributed by atoms with Crippen LogP contribution in [0.15, 0.2) is 24.3 Å². The van der Waals surface area contributed by atoms with Crippen LogP contribution in [0, 0.1) is 0 Å². The van der Waals surface area contributed by atoms with E-state index in [2.05, 4.69) is 60.1 Å². The standard InChI is InChI=1S/C17H26N2S/c1-17(2)8-10-19(11-12-20-17)13-14-7-9-18-16-6-4-3-5-15(14)16/h3-6,14,18H,7-13H2,1-2H3. The maximum Gasteiger partial charge on any atom is 0.0376 e. The maximum atomic E-state index is 3.53. The second kappa shape index (κ2) is 5.98. The van der Waals surface area contributed by atoms with E-state index in [0.29, 0.717) is 10.7 Å². The van der Waals surface area contributed by atoms with E-state index in [1.54, 1.807) is 0 Å². The Bertz CT molecular complexity index is 458. The molecule has 1 unspecified atom stereocenters. The Hall–Kier alpha value is -0.670. The van der Waals surface area contributed by atoms with Gasteiger partial charge in [-0.05, 0) is 31.0 Å². The minimum absolute atomic E-state index is 0.459. The summed E-state index contributed by atoms with van der Waals surface area (Å²) in [7, 11) is 0. The highest BCUT2D eigenvalue weighted by Crippen LogP contribution is 2.34. The Morgan fingerprint density at radius 1 is 1.30 bits per heavy atom. The van der Waals surface area contributed by atoms with Crippen molar-refractivity contribution in [3.05, 3.63) is 29.8 Å². The topological polar surface area (TPSA) is 15.3 Å². The fraction of sp³-hybridized carbons (Fsp3) is 0.647. The third kappa shape index (κ3) is 3.32. The number of thioether (sulfide) groups is 1. The first-order valence-corrected chi connectivity index (χ1v) is 8.82. The molecule has 0 radical (unpaired) electrons. The minimum atomic E-state index is 0.459. The van der Waals surface area contributed by atoms with Gasteiger partial charge in [0.15, 0.2) is 0 Å². The van der Waals surface area contributed by atoms with Gasteiger partial charge in [0.05, 0.1) is 0 Å². The van der Waals surface area contributed by atoms with Crippen LogP contribution in [0.2, 0.25) is 0 Å². The molecule has 0 spiro atoms. The molecule has 1 N–H and O–H groups in total. The molecule has 1 atom stereocenters. The molecule has 1 aromatic carbocycles. The van der Waals surface area contributed by atoms with Gasteiger partial charge in [-0.1, -0.05) is 32.0 Å². The molecule has 110 valence electrons. The van der Waals surface area contributed by atoms with E-state index in [9.17, 15) is 0 Å². The van der Waals surface area contributed by atoms with E-state index in [-0.39, 0.29) is 0 Å². The summed E-state index contributed by atoms with van der Waals surface area (Å²) in [6.07, 6.45) is 2.58. The van der Waals surface area contributed by atoms with Crippen LogP contribution in [0.25, 0.3) is 0 Å². The lowest BCUT2D eigenvalue weighted by molar-refractivity contribution is 0.262. The van der Waals surface area contributed by atoms with Crippen LogP contribution in [0.5, 0.6) is 0 Å². The zero-order chi connectivity index (χ0) is 14.0. The van der Waals surface area contributed by atoms with Crippen LogP contribution in [-0.4, -0.2) is 41.6 Å². The Morgan fingerprint density at radius 2 is 2.15 bits per heavy atom. The van der Waals surface area contributed by atoms with Crippen molar-refractivity contribution in [3.8, 4) is 0 Å². The van der Waals surface area contributed by atoms with Crippen LogP contribution in [0.4, 0.5) is 5.69 Å². The first-order valence-electron chi connectivity index (χ1n) is 7.83. The lowest BCUT2D eigenvalue weighted by Crippen LogP contribution is -2.33. The number of fused-ring (bicyclic) bond motifs is 1.